The monoisotopic (exact) mass is 334 g/mol. The van der Waals surface area contributed by atoms with Gasteiger partial charge in [0, 0.05) is 4.47 Å². The van der Waals surface area contributed by atoms with Gasteiger partial charge in [0.05, 0.1) is 6.61 Å². The van der Waals surface area contributed by atoms with Crippen LogP contribution in [-0.2, 0) is 13.0 Å². The lowest BCUT2D eigenvalue weighted by Crippen LogP contribution is -1.89. The van der Waals surface area contributed by atoms with Gasteiger partial charge in [-0.15, -0.1) is 0 Å². The summed E-state index contributed by atoms with van der Waals surface area (Å²) < 4.78 is 6.66. The standard InChI is InChI=1S/C17H19BrO2/c1-2-3-4-13-5-8-15(9-6-13)20-16-10-7-14(12-19)17(18)11-16/h5-11,19H,2-4,12H2,1H3. The smallest absolute Gasteiger partial charge is 0.128 e. The number of aliphatic hydroxyl groups excluding tert-OH is 1. The maximum atomic E-state index is 9.13. The van der Waals surface area contributed by atoms with Gasteiger partial charge < -0.3 is 9.84 Å². The molecule has 0 bridgehead atoms. The van der Waals surface area contributed by atoms with Crippen molar-refractivity contribution < 1.29 is 9.84 Å². The molecular weight excluding hydrogens is 316 g/mol. The van der Waals surface area contributed by atoms with Gasteiger partial charge in [0.2, 0.25) is 0 Å². The summed E-state index contributed by atoms with van der Waals surface area (Å²) in [5, 5.41) is 9.13. The number of ether oxygens (including phenoxy) is 1. The van der Waals surface area contributed by atoms with Gasteiger partial charge in [0.25, 0.3) is 0 Å². The minimum absolute atomic E-state index is 0.0208. The van der Waals surface area contributed by atoms with Crippen molar-refractivity contribution in [3.63, 3.8) is 0 Å². The van der Waals surface area contributed by atoms with Crippen LogP contribution >= 0.6 is 15.9 Å². The van der Waals surface area contributed by atoms with Gasteiger partial charge in [0.1, 0.15) is 11.5 Å². The van der Waals surface area contributed by atoms with E-state index in [-0.39, 0.29) is 6.61 Å². The quantitative estimate of drug-likeness (QED) is 0.798. The first-order chi connectivity index (χ1) is 9.72. The third kappa shape index (κ3) is 4.09. The topological polar surface area (TPSA) is 29.5 Å². The average Bonchev–Trinajstić information content (AvgIpc) is 2.47. The maximum absolute atomic E-state index is 9.13. The Morgan fingerprint density at radius 2 is 1.75 bits per heavy atom. The fraction of sp³-hybridized carbons (Fsp3) is 0.294. The number of halogens is 1. The number of rotatable bonds is 6. The summed E-state index contributed by atoms with van der Waals surface area (Å²) in [4.78, 5) is 0. The molecule has 0 amide bonds. The molecule has 106 valence electrons. The zero-order chi connectivity index (χ0) is 14.4. The highest BCUT2D eigenvalue weighted by atomic mass is 79.9. The van der Waals surface area contributed by atoms with Crippen LogP contribution in [0, 0.1) is 0 Å². The summed E-state index contributed by atoms with van der Waals surface area (Å²) in [7, 11) is 0. The number of hydrogen-bond acceptors (Lipinski definition) is 2. The van der Waals surface area contributed by atoms with Crippen molar-refractivity contribution in [3.8, 4) is 11.5 Å². The first kappa shape index (κ1) is 15.1. The minimum atomic E-state index is 0.0208. The fourth-order valence-corrected chi connectivity index (χ4v) is 2.44. The molecule has 0 unspecified atom stereocenters. The van der Waals surface area contributed by atoms with Crippen LogP contribution < -0.4 is 4.74 Å². The molecular formula is C17H19BrO2. The molecule has 0 aliphatic carbocycles. The third-order valence-corrected chi connectivity index (χ3v) is 3.91. The van der Waals surface area contributed by atoms with Gasteiger partial charge in [-0.2, -0.15) is 0 Å². The van der Waals surface area contributed by atoms with Gasteiger partial charge in [-0.1, -0.05) is 47.5 Å². The molecule has 0 fully saturated rings. The van der Waals surface area contributed by atoms with Crippen molar-refractivity contribution in [1.82, 2.24) is 0 Å². The molecule has 2 aromatic carbocycles. The lowest BCUT2D eigenvalue weighted by molar-refractivity contribution is 0.281. The van der Waals surface area contributed by atoms with E-state index in [0.29, 0.717) is 0 Å². The molecule has 0 radical (unpaired) electrons. The van der Waals surface area contributed by atoms with Gasteiger partial charge in [-0.25, -0.2) is 0 Å². The normalized spacial score (nSPS) is 10.6. The second-order valence-electron chi connectivity index (χ2n) is 4.76. The molecule has 0 aromatic heterocycles. The molecule has 2 aromatic rings. The Morgan fingerprint density at radius 1 is 1.05 bits per heavy atom. The number of aliphatic hydroxyl groups is 1. The summed E-state index contributed by atoms with van der Waals surface area (Å²) in [5.74, 6) is 1.59. The van der Waals surface area contributed by atoms with Crippen LogP contribution in [0.25, 0.3) is 0 Å². The van der Waals surface area contributed by atoms with Crippen LogP contribution in [0.3, 0.4) is 0 Å². The van der Waals surface area contributed by atoms with Crippen LogP contribution in [0.1, 0.15) is 30.9 Å². The molecule has 2 rings (SSSR count). The zero-order valence-corrected chi connectivity index (χ0v) is 13.2. The highest BCUT2D eigenvalue weighted by Gasteiger charge is 2.03. The van der Waals surface area contributed by atoms with Gasteiger partial charge in [0.15, 0.2) is 0 Å². The maximum Gasteiger partial charge on any atom is 0.128 e. The van der Waals surface area contributed by atoms with Gasteiger partial charge in [-0.3, -0.25) is 0 Å². The Bertz CT molecular complexity index is 549. The molecule has 0 atom stereocenters. The highest BCUT2D eigenvalue weighted by molar-refractivity contribution is 9.10. The van der Waals surface area contributed by atoms with E-state index in [4.69, 9.17) is 9.84 Å². The van der Waals surface area contributed by atoms with Gasteiger partial charge >= 0.3 is 0 Å². The predicted molar refractivity (Wildman–Crippen MR) is 85.2 cm³/mol. The van der Waals surface area contributed by atoms with Crippen molar-refractivity contribution in [2.24, 2.45) is 0 Å². The Hall–Kier alpha value is -1.32. The van der Waals surface area contributed by atoms with E-state index in [2.05, 4.69) is 35.0 Å². The molecule has 3 heteroatoms. The van der Waals surface area contributed by atoms with Crippen molar-refractivity contribution in [1.29, 1.82) is 0 Å². The van der Waals surface area contributed by atoms with E-state index in [0.717, 1.165) is 28.0 Å². The Morgan fingerprint density at radius 3 is 2.35 bits per heavy atom. The van der Waals surface area contributed by atoms with Crippen molar-refractivity contribution in [2.75, 3.05) is 0 Å². The Kier molecular flexibility index (Phi) is 5.62. The average molecular weight is 335 g/mol. The van der Waals surface area contributed by atoms with E-state index in [1.54, 1.807) is 0 Å². The van der Waals surface area contributed by atoms with E-state index in [1.807, 2.05) is 30.3 Å². The summed E-state index contributed by atoms with van der Waals surface area (Å²) in [6.07, 6.45) is 3.55. The van der Waals surface area contributed by atoms with E-state index >= 15 is 0 Å². The van der Waals surface area contributed by atoms with E-state index < -0.39 is 0 Å². The lowest BCUT2D eigenvalue weighted by atomic mass is 10.1. The van der Waals surface area contributed by atoms with Crippen molar-refractivity contribution >= 4 is 15.9 Å². The first-order valence-corrected chi connectivity index (χ1v) is 7.68. The summed E-state index contributed by atoms with van der Waals surface area (Å²) >= 11 is 3.42. The van der Waals surface area contributed by atoms with Crippen LogP contribution in [0.5, 0.6) is 11.5 Å². The first-order valence-electron chi connectivity index (χ1n) is 6.89. The molecule has 2 nitrogen and oxygen atoms in total. The van der Waals surface area contributed by atoms with Crippen molar-refractivity contribution in [2.45, 2.75) is 32.8 Å². The third-order valence-electron chi connectivity index (χ3n) is 3.17. The minimum Gasteiger partial charge on any atom is -0.457 e. The molecule has 1 N–H and O–H groups in total. The molecule has 0 spiro atoms. The lowest BCUT2D eigenvalue weighted by Gasteiger charge is -2.08. The molecule has 0 aliphatic heterocycles. The van der Waals surface area contributed by atoms with E-state index in [1.165, 1.54) is 18.4 Å². The zero-order valence-electron chi connectivity index (χ0n) is 11.6. The second kappa shape index (κ2) is 7.46. The molecule has 0 saturated carbocycles. The molecule has 20 heavy (non-hydrogen) atoms. The SMILES string of the molecule is CCCCc1ccc(Oc2ccc(CO)c(Br)c2)cc1. The molecule has 0 aliphatic rings. The Balaban J connectivity index is 2.04. The second-order valence-corrected chi connectivity index (χ2v) is 5.62. The van der Waals surface area contributed by atoms with Crippen LogP contribution in [0.2, 0.25) is 0 Å². The molecule has 0 saturated heterocycles. The van der Waals surface area contributed by atoms with Gasteiger partial charge in [-0.05, 0) is 48.2 Å². The van der Waals surface area contributed by atoms with Crippen molar-refractivity contribution in [3.05, 3.63) is 58.1 Å². The predicted octanol–water partition coefficient (Wildman–Crippen LogP) is 5.08. The van der Waals surface area contributed by atoms with Crippen LogP contribution in [0.15, 0.2) is 46.9 Å². The summed E-state index contributed by atoms with van der Waals surface area (Å²) in [6, 6.07) is 13.8. The largest absolute Gasteiger partial charge is 0.457 e. The fourth-order valence-electron chi connectivity index (χ4n) is 1.96. The highest BCUT2D eigenvalue weighted by Crippen LogP contribution is 2.27. The number of aryl methyl sites for hydroxylation is 1. The summed E-state index contributed by atoms with van der Waals surface area (Å²) in [5.41, 5.74) is 2.20. The van der Waals surface area contributed by atoms with Crippen LogP contribution in [-0.4, -0.2) is 5.11 Å². The number of benzene rings is 2. The summed E-state index contributed by atoms with van der Waals surface area (Å²) in [6.45, 7) is 2.22. The Labute approximate surface area is 128 Å². The number of unbranched alkanes of at least 4 members (excludes halogenated alkanes) is 1. The van der Waals surface area contributed by atoms with Crippen LogP contribution in [0.4, 0.5) is 0 Å². The van der Waals surface area contributed by atoms with E-state index in [9.17, 15) is 0 Å². The molecule has 0 heterocycles. The number of hydrogen-bond donors (Lipinski definition) is 1.